The van der Waals surface area contributed by atoms with Crippen molar-refractivity contribution in [2.24, 2.45) is 0 Å². The van der Waals surface area contributed by atoms with Crippen molar-refractivity contribution in [2.45, 2.75) is 11.8 Å². The van der Waals surface area contributed by atoms with Crippen LogP contribution in [0.5, 0.6) is 5.75 Å². The molecule has 4 aromatic carbocycles. The molecule has 5 nitrogen and oxygen atoms in total. The summed E-state index contributed by atoms with van der Waals surface area (Å²) in [6, 6.07) is 31.4. The van der Waals surface area contributed by atoms with Gasteiger partial charge in [0, 0.05) is 22.7 Å². The number of anilines is 4. The van der Waals surface area contributed by atoms with E-state index in [0.717, 1.165) is 22.7 Å². The molecule has 4 aromatic rings. The first kappa shape index (κ1) is 20.5. The molecule has 0 fully saturated rings. The SMILES string of the molecule is Cc1ccccc1S(=O)(=O)Oc1ccc(Nc2ccc(Nc3ccccc3)cc2)cc1. The highest BCUT2D eigenvalue weighted by atomic mass is 32.2. The van der Waals surface area contributed by atoms with Crippen molar-refractivity contribution in [3.05, 3.63) is 109 Å². The molecule has 0 aliphatic heterocycles. The molecular formula is C25H22N2O3S. The Morgan fingerprint density at radius 2 is 1.03 bits per heavy atom. The van der Waals surface area contributed by atoms with Crippen LogP contribution in [0.3, 0.4) is 0 Å². The molecule has 0 aliphatic rings. The fourth-order valence-electron chi connectivity index (χ4n) is 3.09. The van der Waals surface area contributed by atoms with Gasteiger partial charge in [-0.2, -0.15) is 8.42 Å². The largest absolute Gasteiger partial charge is 0.379 e. The van der Waals surface area contributed by atoms with Crippen molar-refractivity contribution in [1.29, 1.82) is 0 Å². The smallest absolute Gasteiger partial charge is 0.339 e. The van der Waals surface area contributed by atoms with Gasteiger partial charge in [0.25, 0.3) is 0 Å². The molecule has 0 heterocycles. The van der Waals surface area contributed by atoms with Crippen LogP contribution in [0.2, 0.25) is 0 Å². The van der Waals surface area contributed by atoms with Crippen molar-refractivity contribution >= 4 is 32.9 Å². The third-order valence-electron chi connectivity index (χ3n) is 4.66. The van der Waals surface area contributed by atoms with Gasteiger partial charge in [0.15, 0.2) is 0 Å². The topological polar surface area (TPSA) is 67.4 Å². The number of para-hydroxylation sites is 1. The Morgan fingerprint density at radius 1 is 0.581 bits per heavy atom. The molecule has 156 valence electrons. The minimum Gasteiger partial charge on any atom is -0.379 e. The van der Waals surface area contributed by atoms with Crippen LogP contribution in [0.25, 0.3) is 0 Å². The van der Waals surface area contributed by atoms with Gasteiger partial charge in [-0.3, -0.25) is 0 Å². The first-order valence-corrected chi connectivity index (χ1v) is 11.2. The summed E-state index contributed by atoms with van der Waals surface area (Å²) in [6.07, 6.45) is 0. The monoisotopic (exact) mass is 430 g/mol. The van der Waals surface area contributed by atoms with E-state index in [1.54, 1.807) is 49.4 Å². The Morgan fingerprint density at radius 3 is 1.58 bits per heavy atom. The Balaban J connectivity index is 1.40. The summed E-state index contributed by atoms with van der Waals surface area (Å²) in [5.41, 5.74) is 4.40. The number of hydrogen-bond donors (Lipinski definition) is 2. The standard InChI is InChI=1S/C25H22N2O3S/c1-19-7-5-6-10-25(19)31(28,29)30-24-17-15-23(16-18-24)27-22-13-11-21(12-14-22)26-20-8-3-2-4-9-20/h2-18,26-27H,1H3. The average molecular weight is 431 g/mol. The molecule has 0 aliphatic carbocycles. The molecule has 6 heteroatoms. The molecule has 2 N–H and O–H groups in total. The van der Waals surface area contributed by atoms with Crippen LogP contribution in [0.1, 0.15) is 5.56 Å². The van der Waals surface area contributed by atoms with Gasteiger partial charge in [-0.05, 0) is 79.2 Å². The van der Waals surface area contributed by atoms with Crippen LogP contribution in [0.15, 0.2) is 108 Å². The van der Waals surface area contributed by atoms with Gasteiger partial charge in [0.05, 0.1) is 0 Å². The van der Waals surface area contributed by atoms with Crippen molar-refractivity contribution in [3.63, 3.8) is 0 Å². The maximum atomic E-state index is 12.5. The number of aryl methyl sites for hydroxylation is 1. The average Bonchev–Trinajstić information content (AvgIpc) is 2.77. The predicted molar refractivity (Wildman–Crippen MR) is 125 cm³/mol. The Bertz CT molecular complexity index is 1250. The fraction of sp³-hybridized carbons (Fsp3) is 0.0400. The van der Waals surface area contributed by atoms with E-state index in [2.05, 4.69) is 10.6 Å². The minimum atomic E-state index is -3.87. The van der Waals surface area contributed by atoms with E-state index in [4.69, 9.17) is 4.18 Å². The van der Waals surface area contributed by atoms with Gasteiger partial charge in [0.2, 0.25) is 0 Å². The lowest BCUT2D eigenvalue weighted by Crippen LogP contribution is -2.11. The van der Waals surface area contributed by atoms with E-state index in [1.807, 2.05) is 54.6 Å². The van der Waals surface area contributed by atoms with Crippen LogP contribution >= 0.6 is 0 Å². The van der Waals surface area contributed by atoms with Crippen LogP contribution in [0.4, 0.5) is 22.7 Å². The van der Waals surface area contributed by atoms with E-state index >= 15 is 0 Å². The highest BCUT2D eigenvalue weighted by molar-refractivity contribution is 7.87. The molecule has 4 rings (SSSR count). The third kappa shape index (κ3) is 5.24. The molecule has 0 bridgehead atoms. The first-order chi connectivity index (χ1) is 15.0. The number of rotatable bonds is 7. The van der Waals surface area contributed by atoms with Crippen molar-refractivity contribution in [1.82, 2.24) is 0 Å². The number of hydrogen-bond acceptors (Lipinski definition) is 5. The maximum absolute atomic E-state index is 12.5. The van der Waals surface area contributed by atoms with E-state index in [0.29, 0.717) is 5.56 Å². The molecule has 0 radical (unpaired) electrons. The highest BCUT2D eigenvalue weighted by Crippen LogP contribution is 2.25. The van der Waals surface area contributed by atoms with Crippen LogP contribution < -0.4 is 14.8 Å². The van der Waals surface area contributed by atoms with Crippen molar-refractivity contribution in [3.8, 4) is 5.75 Å². The molecule has 31 heavy (non-hydrogen) atoms. The zero-order valence-electron chi connectivity index (χ0n) is 16.9. The van der Waals surface area contributed by atoms with E-state index in [9.17, 15) is 8.42 Å². The fourth-order valence-corrected chi connectivity index (χ4v) is 4.26. The second-order valence-electron chi connectivity index (χ2n) is 7.02. The summed E-state index contributed by atoms with van der Waals surface area (Å²) in [6.45, 7) is 1.74. The predicted octanol–water partition coefficient (Wildman–Crippen LogP) is 6.25. The second-order valence-corrected chi connectivity index (χ2v) is 8.54. The van der Waals surface area contributed by atoms with E-state index in [1.165, 1.54) is 6.07 Å². The summed E-state index contributed by atoms with van der Waals surface area (Å²) in [7, 11) is -3.87. The Labute approximate surface area is 182 Å². The van der Waals surface area contributed by atoms with Crippen LogP contribution in [-0.2, 0) is 10.1 Å². The molecule has 0 atom stereocenters. The zero-order valence-corrected chi connectivity index (χ0v) is 17.8. The Kier molecular flexibility index (Phi) is 5.91. The number of nitrogens with one attached hydrogen (secondary N) is 2. The Hall–Kier alpha value is -3.77. The van der Waals surface area contributed by atoms with Crippen LogP contribution in [-0.4, -0.2) is 8.42 Å². The second kappa shape index (κ2) is 8.93. The van der Waals surface area contributed by atoms with Gasteiger partial charge in [-0.15, -0.1) is 0 Å². The van der Waals surface area contributed by atoms with Gasteiger partial charge in [0.1, 0.15) is 10.6 Å². The summed E-state index contributed by atoms with van der Waals surface area (Å²) in [5, 5.41) is 6.63. The van der Waals surface area contributed by atoms with Crippen LogP contribution in [0, 0.1) is 6.92 Å². The lowest BCUT2D eigenvalue weighted by atomic mass is 10.2. The molecule has 0 saturated carbocycles. The summed E-state index contributed by atoms with van der Waals surface area (Å²) < 4.78 is 30.3. The van der Waals surface area contributed by atoms with Gasteiger partial charge < -0.3 is 14.8 Å². The lowest BCUT2D eigenvalue weighted by Gasteiger charge is -2.11. The zero-order chi connectivity index (χ0) is 21.7. The quantitative estimate of drug-likeness (QED) is 0.339. The molecular weight excluding hydrogens is 408 g/mol. The van der Waals surface area contributed by atoms with Crippen molar-refractivity contribution in [2.75, 3.05) is 10.6 Å². The van der Waals surface area contributed by atoms with Gasteiger partial charge in [-0.1, -0.05) is 36.4 Å². The molecule has 0 unspecified atom stereocenters. The van der Waals surface area contributed by atoms with E-state index in [-0.39, 0.29) is 10.6 Å². The highest BCUT2D eigenvalue weighted by Gasteiger charge is 2.18. The van der Waals surface area contributed by atoms with E-state index < -0.39 is 10.1 Å². The molecule has 0 aromatic heterocycles. The minimum absolute atomic E-state index is 0.168. The van der Waals surface area contributed by atoms with Gasteiger partial charge in [-0.25, -0.2) is 0 Å². The summed E-state index contributed by atoms with van der Waals surface area (Å²) in [5.74, 6) is 0.260. The van der Waals surface area contributed by atoms with Gasteiger partial charge >= 0.3 is 10.1 Å². The maximum Gasteiger partial charge on any atom is 0.339 e. The molecule has 0 saturated heterocycles. The lowest BCUT2D eigenvalue weighted by molar-refractivity contribution is 0.485. The number of benzene rings is 4. The first-order valence-electron chi connectivity index (χ1n) is 9.79. The van der Waals surface area contributed by atoms with Crippen molar-refractivity contribution < 1.29 is 12.6 Å². The normalized spacial score (nSPS) is 11.0. The molecule has 0 spiro atoms. The third-order valence-corrected chi connectivity index (χ3v) is 6.07. The molecule has 0 amide bonds. The summed E-state index contributed by atoms with van der Waals surface area (Å²) in [4.78, 5) is 0.168. The summed E-state index contributed by atoms with van der Waals surface area (Å²) >= 11 is 0.